The first-order valence-electron chi connectivity index (χ1n) is 8.80. The maximum Gasteiger partial charge on any atom is 0.244 e. The molecule has 0 unspecified atom stereocenters. The molecule has 0 N–H and O–H groups in total. The fourth-order valence-electron chi connectivity index (χ4n) is 3.35. The molecular formula is C19H21N5O2. The molecule has 134 valence electrons. The molecule has 1 atom stereocenters. The predicted octanol–water partition coefficient (Wildman–Crippen LogP) is 3.26. The number of methoxy groups -OCH3 is 1. The Balaban J connectivity index is 1.55. The van der Waals surface area contributed by atoms with Gasteiger partial charge in [0, 0.05) is 18.9 Å². The van der Waals surface area contributed by atoms with E-state index in [4.69, 9.17) is 9.26 Å². The molecule has 0 radical (unpaired) electrons. The maximum absolute atomic E-state index is 5.58. The van der Waals surface area contributed by atoms with Crippen molar-refractivity contribution < 1.29 is 9.26 Å². The van der Waals surface area contributed by atoms with Gasteiger partial charge < -0.3 is 9.26 Å². The number of nitrogens with zero attached hydrogens (tertiary/aromatic N) is 5. The van der Waals surface area contributed by atoms with Crippen molar-refractivity contribution in [3.05, 3.63) is 54.3 Å². The third-order valence-electron chi connectivity index (χ3n) is 4.65. The van der Waals surface area contributed by atoms with Crippen molar-refractivity contribution in [3.63, 3.8) is 0 Å². The normalized spacial score (nSPS) is 18.0. The summed E-state index contributed by atoms with van der Waals surface area (Å²) in [4.78, 5) is 15.3. The summed E-state index contributed by atoms with van der Waals surface area (Å²) in [7, 11) is 1.69. The van der Waals surface area contributed by atoms with E-state index < -0.39 is 0 Å². The van der Waals surface area contributed by atoms with Crippen LogP contribution in [0.2, 0.25) is 0 Å². The summed E-state index contributed by atoms with van der Waals surface area (Å²) >= 11 is 0. The fourth-order valence-corrected chi connectivity index (χ4v) is 3.35. The average Bonchev–Trinajstić information content (AvgIpc) is 3.19. The molecule has 1 aliphatic heterocycles. The molecule has 1 saturated heterocycles. The highest BCUT2D eigenvalue weighted by atomic mass is 16.5. The van der Waals surface area contributed by atoms with Gasteiger partial charge in [-0.1, -0.05) is 23.7 Å². The van der Waals surface area contributed by atoms with E-state index in [1.54, 1.807) is 25.7 Å². The fraction of sp³-hybridized carbons (Fsp3) is 0.368. The Morgan fingerprint density at radius 2 is 2.23 bits per heavy atom. The van der Waals surface area contributed by atoms with Crippen LogP contribution in [0, 0.1) is 0 Å². The highest BCUT2D eigenvalue weighted by Crippen LogP contribution is 2.32. The number of ether oxygens (including phenoxy) is 1. The van der Waals surface area contributed by atoms with E-state index in [0.29, 0.717) is 17.4 Å². The van der Waals surface area contributed by atoms with Gasteiger partial charge in [-0.15, -0.1) is 0 Å². The van der Waals surface area contributed by atoms with Crippen molar-refractivity contribution in [1.29, 1.82) is 0 Å². The molecule has 26 heavy (non-hydrogen) atoms. The van der Waals surface area contributed by atoms with Crippen LogP contribution in [0.1, 0.15) is 36.8 Å². The molecule has 1 fully saturated rings. The van der Waals surface area contributed by atoms with Crippen molar-refractivity contribution in [2.75, 3.05) is 13.7 Å². The first-order valence-corrected chi connectivity index (χ1v) is 8.80. The van der Waals surface area contributed by atoms with Crippen LogP contribution in [0.3, 0.4) is 0 Å². The number of hydrogen-bond acceptors (Lipinski definition) is 7. The lowest BCUT2D eigenvalue weighted by atomic mass is 10.0. The molecule has 3 aromatic rings. The Kier molecular flexibility index (Phi) is 4.88. The van der Waals surface area contributed by atoms with Crippen LogP contribution in [-0.2, 0) is 6.54 Å². The third-order valence-corrected chi connectivity index (χ3v) is 4.65. The monoisotopic (exact) mass is 351 g/mol. The lowest BCUT2D eigenvalue weighted by molar-refractivity contribution is 0.111. The van der Waals surface area contributed by atoms with Crippen LogP contribution >= 0.6 is 0 Å². The zero-order valence-electron chi connectivity index (χ0n) is 14.7. The van der Waals surface area contributed by atoms with Crippen LogP contribution in [0.4, 0.5) is 0 Å². The average molecular weight is 351 g/mol. The van der Waals surface area contributed by atoms with Gasteiger partial charge in [-0.2, -0.15) is 4.98 Å². The second-order valence-corrected chi connectivity index (χ2v) is 6.38. The molecule has 2 aromatic heterocycles. The molecule has 0 saturated carbocycles. The molecule has 4 rings (SSSR count). The first-order chi connectivity index (χ1) is 12.8. The van der Waals surface area contributed by atoms with E-state index in [2.05, 4.69) is 37.1 Å². The van der Waals surface area contributed by atoms with E-state index in [1.165, 1.54) is 12.0 Å². The number of rotatable bonds is 5. The zero-order chi connectivity index (χ0) is 17.8. The summed E-state index contributed by atoms with van der Waals surface area (Å²) < 4.78 is 10.9. The summed E-state index contributed by atoms with van der Waals surface area (Å²) in [6.45, 7) is 1.83. The van der Waals surface area contributed by atoms with Crippen molar-refractivity contribution >= 4 is 0 Å². The van der Waals surface area contributed by atoms with Gasteiger partial charge in [-0.05, 0) is 37.1 Å². The molecule has 0 aliphatic carbocycles. The maximum atomic E-state index is 5.58. The summed E-state index contributed by atoms with van der Waals surface area (Å²) in [6, 6.07) is 8.29. The van der Waals surface area contributed by atoms with Gasteiger partial charge in [0.25, 0.3) is 0 Å². The Morgan fingerprint density at radius 1 is 1.27 bits per heavy atom. The van der Waals surface area contributed by atoms with Gasteiger partial charge in [0.2, 0.25) is 11.7 Å². The van der Waals surface area contributed by atoms with E-state index in [9.17, 15) is 0 Å². The van der Waals surface area contributed by atoms with Gasteiger partial charge in [-0.3, -0.25) is 9.88 Å². The van der Waals surface area contributed by atoms with E-state index in [0.717, 1.165) is 31.7 Å². The minimum absolute atomic E-state index is 0.118. The molecule has 0 spiro atoms. The largest absolute Gasteiger partial charge is 0.497 e. The first kappa shape index (κ1) is 16.7. The number of hydrogen-bond donors (Lipinski definition) is 0. The molecule has 1 aliphatic rings. The second-order valence-electron chi connectivity index (χ2n) is 6.38. The third kappa shape index (κ3) is 3.57. The Bertz CT molecular complexity index is 852. The van der Waals surface area contributed by atoms with E-state index in [1.807, 2.05) is 12.1 Å². The lowest BCUT2D eigenvalue weighted by Crippen LogP contribution is -2.33. The minimum atomic E-state index is 0.118. The minimum Gasteiger partial charge on any atom is -0.497 e. The highest BCUT2D eigenvalue weighted by molar-refractivity contribution is 5.45. The SMILES string of the molecule is COc1cccc(CN2CCCC[C@@H]2c2nc(-c3cnccn3)no2)c1. The standard InChI is InChI=1S/C19H21N5O2/c1-25-15-6-4-5-14(11-15)13-24-10-3-2-7-17(24)19-22-18(23-26-19)16-12-20-8-9-21-16/h4-6,8-9,11-12,17H,2-3,7,10,13H2,1H3/t17-/m1/s1. The topological polar surface area (TPSA) is 77.2 Å². The molecular weight excluding hydrogens is 330 g/mol. The second kappa shape index (κ2) is 7.61. The van der Waals surface area contributed by atoms with Crippen LogP contribution in [0.25, 0.3) is 11.5 Å². The van der Waals surface area contributed by atoms with Gasteiger partial charge in [-0.25, -0.2) is 4.98 Å². The van der Waals surface area contributed by atoms with Gasteiger partial charge in [0.05, 0.1) is 19.3 Å². The van der Waals surface area contributed by atoms with Crippen LogP contribution in [0.15, 0.2) is 47.4 Å². The molecule has 0 bridgehead atoms. The molecule has 0 amide bonds. The van der Waals surface area contributed by atoms with E-state index in [-0.39, 0.29) is 6.04 Å². The zero-order valence-corrected chi connectivity index (χ0v) is 14.7. The quantitative estimate of drug-likeness (QED) is 0.698. The van der Waals surface area contributed by atoms with E-state index >= 15 is 0 Å². The smallest absolute Gasteiger partial charge is 0.244 e. The number of benzene rings is 1. The Hall–Kier alpha value is -2.80. The summed E-state index contributed by atoms with van der Waals surface area (Å²) in [5.74, 6) is 2.01. The summed E-state index contributed by atoms with van der Waals surface area (Å²) in [5, 5.41) is 4.10. The molecule has 7 heteroatoms. The predicted molar refractivity (Wildman–Crippen MR) is 95.3 cm³/mol. The van der Waals surface area contributed by atoms with Crippen molar-refractivity contribution in [1.82, 2.24) is 25.0 Å². The van der Waals surface area contributed by atoms with Gasteiger partial charge in [0.15, 0.2) is 0 Å². The van der Waals surface area contributed by atoms with Gasteiger partial charge in [0.1, 0.15) is 11.4 Å². The number of likely N-dealkylation sites (tertiary alicyclic amines) is 1. The molecule has 7 nitrogen and oxygen atoms in total. The van der Waals surface area contributed by atoms with Crippen molar-refractivity contribution in [3.8, 4) is 17.3 Å². The van der Waals surface area contributed by atoms with Crippen molar-refractivity contribution in [2.24, 2.45) is 0 Å². The number of aromatic nitrogens is 4. The highest BCUT2D eigenvalue weighted by Gasteiger charge is 2.29. The summed E-state index contributed by atoms with van der Waals surface area (Å²) in [6.07, 6.45) is 8.23. The Labute approximate surface area is 152 Å². The lowest BCUT2D eigenvalue weighted by Gasteiger charge is -2.33. The molecule has 1 aromatic carbocycles. The van der Waals surface area contributed by atoms with Crippen LogP contribution in [0.5, 0.6) is 5.75 Å². The van der Waals surface area contributed by atoms with Gasteiger partial charge >= 0.3 is 0 Å². The summed E-state index contributed by atoms with van der Waals surface area (Å²) in [5.41, 5.74) is 1.84. The number of piperidine rings is 1. The van der Waals surface area contributed by atoms with Crippen LogP contribution in [-0.4, -0.2) is 38.7 Å². The Morgan fingerprint density at radius 3 is 3.08 bits per heavy atom. The van der Waals surface area contributed by atoms with Crippen LogP contribution < -0.4 is 4.74 Å². The van der Waals surface area contributed by atoms with Crippen molar-refractivity contribution in [2.45, 2.75) is 31.8 Å². The molecule has 3 heterocycles.